The van der Waals surface area contributed by atoms with Gasteiger partial charge in [-0.2, -0.15) is 0 Å². The van der Waals surface area contributed by atoms with Crippen molar-refractivity contribution in [1.82, 2.24) is 5.32 Å². The van der Waals surface area contributed by atoms with E-state index in [2.05, 4.69) is 78.2 Å². The first kappa shape index (κ1) is 15.8. The van der Waals surface area contributed by atoms with Gasteiger partial charge < -0.3 is 5.32 Å². The van der Waals surface area contributed by atoms with E-state index in [0.717, 1.165) is 15.0 Å². The minimum atomic E-state index is 0.283. The molecule has 0 heterocycles. The van der Waals surface area contributed by atoms with Crippen molar-refractivity contribution in [3.05, 3.63) is 67.2 Å². The Hall–Kier alpha value is -0.580. The number of likely N-dealkylation sites (N-methyl/N-ethyl adjacent to an activating group) is 1. The maximum absolute atomic E-state index is 6.23. The fraction of sp³-hybridized carbons (Fsp3) is 0.294. The lowest BCUT2D eigenvalue weighted by atomic mass is 9.97. The molecule has 0 fully saturated rings. The Morgan fingerprint density at radius 2 is 1.75 bits per heavy atom. The van der Waals surface area contributed by atoms with Crippen LogP contribution < -0.4 is 5.32 Å². The summed E-state index contributed by atoms with van der Waals surface area (Å²) in [5.74, 6) is 0. The number of aryl methyl sites for hydroxylation is 2. The van der Waals surface area contributed by atoms with Gasteiger partial charge in [0.05, 0.1) is 5.02 Å². The van der Waals surface area contributed by atoms with Crippen LogP contribution in [0.15, 0.2) is 36.4 Å². The van der Waals surface area contributed by atoms with Gasteiger partial charge >= 0.3 is 0 Å². The van der Waals surface area contributed by atoms with Crippen LogP contribution >= 0.6 is 34.2 Å². The van der Waals surface area contributed by atoms with Gasteiger partial charge in [0.15, 0.2) is 0 Å². The highest BCUT2D eigenvalue weighted by Crippen LogP contribution is 2.25. The topological polar surface area (TPSA) is 12.0 Å². The molecule has 0 aromatic heterocycles. The van der Waals surface area contributed by atoms with Crippen molar-refractivity contribution in [2.24, 2.45) is 0 Å². The van der Waals surface area contributed by atoms with E-state index in [1.807, 2.05) is 7.05 Å². The molecule has 1 atom stereocenters. The molecule has 0 spiro atoms. The van der Waals surface area contributed by atoms with E-state index < -0.39 is 0 Å². The van der Waals surface area contributed by atoms with Crippen LogP contribution in [0.25, 0.3) is 0 Å². The fourth-order valence-corrected chi connectivity index (χ4v) is 3.06. The molecule has 0 aliphatic heterocycles. The first-order chi connectivity index (χ1) is 9.49. The fourth-order valence-electron chi connectivity index (χ4n) is 2.54. The minimum Gasteiger partial charge on any atom is -0.313 e. The molecular formula is C17H19ClIN. The molecule has 0 aliphatic carbocycles. The Balaban J connectivity index is 2.26. The molecule has 106 valence electrons. The quantitative estimate of drug-likeness (QED) is 0.708. The maximum atomic E-state index is 6.23. The van der Waals surface area contributed by atoms with Crippen LogP contribution in [-0.4, -0.2) is 7.05 Å². The van der Waals surface area contributed by atoms with E-state index in [-0.39, 0.29) is 6.04 Å². The van der Waals surface area contributed by atoms with Crippen LogP contribution in [-0.2, 0) is 6.42 Å². The molecule has 2 aromatic carbocycles. The molecule has 2 rings (SSSR count). The van der Waals surface area contributed by atoms with Crippen molar-refractivity contribution < 1.29 is 0 Å². The first-order valence-corrected chi connectivity index (χ1v) is 8.14. The molecule has 0 bridgehead atoms. The molecule has 0 radical (unpaired) electrons. The van der Waals surface area contributed by atoms with Gasteiger partial charge in [0.1, 0.15) is 0 Å². The second-order valence-electron chi connectivity index (χ2n) is 5.21. The van der Waals surface area contributed by atoms with Gasteiger partial charge in [-0.15, -0.1) is 0 Å². The lowest BCUT2D eigenvalue weighted by Crippen LogP contribution is -2.19. The third kappa shape index (κ3) is 3.96. The third-order valence-electron chi connectivity index (χ3n) is 3.42. The van der Waals surface area contributed by atoms with E-state index in [9.17, 15) is 0 Å². The largest absolute Gasteiger partial charge is 0.313 e. The number of benzene rings is 2. The lowest BCUT2D eigenvalue weighted by Gasteiger charge is -2.18. The van der Waals surface area contributed by atoms with E-state index in [1.54, 1.807) is 0 Å². The molecular weight excluding hydrogens is 381 g/mol. The van der Waals surface area contributed by atoms with Crippen molar-refractivity contribution in [3.63, 3.8) is 0 Å². The second-order valence-corrected chi connectivity index (χ2v) is 6.78. The molecule has 3 heteroatoms. The number of hydrogen-bond acceptors (Lipinski definition) is 1. The Morgan fingerprint density at radius 3 is 2.30 bits per heavy atom. The number of rotatable bonds is 4. The lowest BCUT2D eigenvalue weighted by molar-refractivity contribution is 0.591. The Morgan fingerprint density at radius 1 is 1.10 bits per heavy atom. The summed E-state index contributed by atoms with van der Waals surface area (Å²) in [5, 5.41) is 4.21. The van der Waals surface area contributed by atoms with Crippen LogP contribution in [0.2, 0.25) is 5.02 Å². The van der Waals surface area contributed by atoms with Crippen LogP contribution in [0.5, 0.6) is 0 Å². The third-order valence-corrected chi connectivity index (χ3v) is 4.99. The molecule has 20 heavy (non-hydrogen) atoms. The zero-order chi connectivity index (χ0) is 14.7. The van der Waals surface area contributed by atoms with Crippen molar-refractivity contribution in [2.75, 3.05) is 7.05 Å². The number of nitrogens with one attached hydrogen (secondary N) is 1. The normalized spacial score (nSPS) is 12.4. The monoisotopic (exact) mass is 399 g/mol. The highest BCUT2D eigenvalue weighted by molar-refractivity contribution is 14.1. The SMILES string of the molecule is CNC(Cc1cc(C)cc(C)c1)c1ccc(I)c(Cl)c1. The Kier molecular flexibility index (Phi) is 5.47. The zero-order valence-corrected chi connectivity index (χ0v) is 14.9. The van der Waals surface area contributed by atoms with Gasteiger partial charge in [-0.1, -0.05) is 47.0 Å². The summed E-state index contributed by atoms with van der Waals surface area (Å²) in [6.45, 7) is 4.29. The van der Waals surface area contributed by atoms with Gasteiger partial charge in [0, 0.05) is 9.61 Å². The summed E-state index contributed by atoms with van der Waals surface area (Å²) >= 11 is 8.49. The van der Waals surface area contributed by atoms with Gasteiger partial charge in [-0.3, -0.25) is 0 Å². The van der Waals surface area contributed by atoms with Crippen molar-refractivity contribution in [3.8, 4) is 0 Å². The zero-order valence-electron chi connectivity index (χ0n) is 12.0. The summed E-state index contributed by atoms with van der Waals surface area (Å²) in [4.78, 5) is 0. The van der Waals surface area contributed by atoms with Gasteiger partial charge in [0.2, 0.25) is 0 Å². The van der Waals surface area contributed by atoms with E-state index >= 15 is 0 Å². The first-order valence-electron chi connectivity index (χ1n) is 6.69. The van der Waals surface area contributed by atoms with Crippen molar-refractivity contribution in [2.45, 2.75) is 26.3 Å². The number of halogens is 2. The highest BCUT2D eigenvalue weighted by atomic mass is 127. The van der Waals surface area contributed by atoms with Gasteiger partial charge in [0.25, 0.3) is 0 Å². The second kappa shape index (κ2) is 6.92. The van der Waals surface area contributed by atoms with Gasteiger partial charge in [-0.05, 0) is 73.2 Å². The maximum Gasteiger partial charge on any atom is 0.0542 e. The summed E-state index contributed by atoms with van der Waals surface area (Å²) in [7, 11) is 2.00. The van der Waals surface area contributed by atoms with Crippen LogP contribution in [0, 0.1) is 17.4 Å². The standard InChI is InChI=1S/C17H19ClIN/c1-11-6-12(2)8-13(7-11)9-17(20-3)14-4-5-16(19)15(18)10-14/h4-8,10,17,20H,9H2,1-3H3. The molecule has 1 N–H and O–H groups in total. The van der Waals surface area contributed by atoms with E-state index in [1.165, 1.54) is 22.3 Å². The molecule has 0 amide bonds. The molecule has 0 saturated heterocycles. The highest BCUT2D eigenvalue weighted by Gasteiger charge is 2.12. The van der Waals surface area contributed by atoms with Gasteiger partial charge in [-0.25, -0.2) is 0 Å². The average Bonchev–Trinajstić information content (AvgIpc) is 2.38. The van der Waals surface area contributed by atoms with Crippen molar-refractivity contribution >= 4 is 34.2 Å². The number of hydrogen-bond donors (Lipinski definition) is 1. The molecule has 2 aromatic rings. The van der Waals surface area contributed by atoms with E-state index in [0.29, 0.717) is 0 Å². The summed E-state index contributed by atoms with van der Waals surface area (Å²) in [5.41, 5.74) is 5.22. The Labute approximate surface area is 139 Å². The van der Waals surface area contributed by atoms with Crippen LogP contribution in [0.4, 0.5) is 0 Å². The predicted molar refractivity (Wildman–Crippen MR) is 95.6 cm³/mol. The summed E-state index contributed by atoms with van der Waals surface area (Å²) < 4.78 is 1.09. The minimum absolute atomic E-state index is 0.283. The molecule has 1 unspecified atom stereocenters. The Bertz CT molecular complexity index is 590. The smallest absolute Gasteiger partial charge is 0.0542 e. The predicted octanol–water partition coefficient (Wildman–Crippen LogP) is 5.06. The van der Waals surface area contributed by atoms with Crippen LogP contribution in [0.3, 0.4) is 0 Å². The molecule has 1 nitrogen and oxygen atoms in total. The molecule has 0 saturated carbocycles. The van der Waals surface area contributed by atoms with E-state index in [4.69, 9.17) is 11.6 Å². The summed E-state index contributed by atoms with van der Waals surface area (Å²) in [6.07, 6.45) is 0.968. The average molecular weight is 400 g/mol. The van der Waals surface area contributed by atoms with Crippen LogP contribution in [0.1, 0.15) is 28.3 Å². The van der Waals surface area contributed by atoms with Crippen molar-refractivity contribution in [1.29, 1.82) is 0 Å². The summed E-state index contributed by atoms with van der Waals surface area (Å²) in [6, 6.07) is 13.3. The molecule has 0 aliphatic rings.